The fraction of sp³-hybridized carbons (Fsp3) is 0.364. The molecule has 114 valence electrons. The predicted molar refractivity (Wildman–Crippen MR) is 69.8 cm³/mol. The van der Waals surface area contributed by atoms with Crippen LogP contribution in [0.3, 0.4) is 0 Å². The molecular formula is C11H14N4O5S. The van der Waals surface area contributed by atoms with Crippen molar-refractivity contribution in [2.75, 3.05) is 0 Å². The molecule has 2 rings (SSSR count). The summed E-state index contributed by atoms with van der Waals surface area (Å²) < 4.78 is 32.6. The van der Waals surface area contributed by atoms with Gasteiger partial charge in [0.25, 0.3) is 0 Å². The number of nitrogens with zero attached hydrogens (tertiary/aromatic N) is 3. The van der Waals surface area contributed by atoms with E-state index >= 15 is 0 Å². The van der Waals surface area contributed by atoms with E-state index in [2.05, 4.69) is 14.8 Å². The molecule has 0 amide bonds. The largest absolute Gasteiger partial charge is 0.480 e. The van der Waals surface area contributed by atoms with Gasteiger partial charge < -0.3 is 9.52 Å². The summed E-state index contributed by atoms with van der Waals surface area (Å²) in [6.07, 6.45) is 4.43. The molecule has 2 N–H and O–H groups in total. The molecule has 0 radical (unpaired) electrons. The van der Waals surface area contributed by atoms with Crippen molar-refractivity contribution >= 4 is 16.0 Å². The molecule has 0 aliphatic carbocycles. The third-order valence-electron chi connectivity index (χ3n) is 2.58. The second kappa shape index (κ2) is 6.06. The zero-order chi connectivity index (χ0) is 15.5. The third kappa shape index (κ3) is 3.89. The molecule has 2 heterocycles. The van der Waals surface area contributed by atoms with Crippen LogP contribution in [0.25, 0.3) is 0 Å². The number of sulfonamides is 1. The molecule has 0 saturated carbocycles. The Morgan fingerprint density at radius 2 is 2.24 bits per heavy atom. The number of carboxylic acids is 1. The molecule has 0 fully saturated rings. The normalized spacial score (nSPS) is 11.7. The molecule has 0 atom stereocenters. The minimum atomic E-state index is -3.80. The van der Waals surface area contributed by atoms with E-state index in [1.54, 1.807) is 0 Å². The van der Waals surface area contributed by atoms with Crippen LogP contribution in [0.5, 0.6) is 0 Å². The Balaban J connectivity index is 2.04. The number of aliphatic carboxylic acids is 1. The summed E-state index contributed by atoms with van der Waals surface area (Å²) in [6.45, 7) is 1.40. The van der Waals surface area contributed by atoms with Crippen molar-refractivity contribution in [2.24, 2.45) is 0 Å². The molecular weight excluding hydrogens is 300 g/mol. The number of aromatic nitrogens is 3. The molecule has 21 heavy (non-hydrogen) atoms. The van der Waals surface area contributed by atoms with Gasteiger partial charge in [-0.15, -0.1) is 0 Å². The highest BCUT2D eigenvalue weighted by Gasteiger charge is 2.18. The average Bonchev–Trinajstić information content (AvgIpc) is 3.04. The fourth-order valence-corrected chi connectivity index (χ4v) is 2.47. The first-order chi connectivity index (χ1) is 9.90. The number of oxazole rings is 1. The number of hydrogen-bond acceptors (Lipinski definition) is 6. The number of hydrogen-bond donors (Lipinski definition) is 2. The highest BCUT2D eigenvalue weighted by Crippen LogP contribution is 2.09. The maximum atomic E-state index is 12.0. The van der Waals surface area contributed by atoms with Crippen LogP contribution in [0.2, 0.25) is 0 Å². The Hall–Kier alpha value is -2.20. The van der Waals surface area contributed by atoms with Gasteiger partial charge in [-0.25, -0.2) is 18.1 Å². The van der Waals surface area contributed by atoms with E-state index in [1.807, 2.05) is 6.92 Å². The van der Waals surface area contributed by atoms with Gasteiger partial charge in [0, 0.05) is 12.6 Å². The Kier molecular flexibility index (Phi) is 4.38. The lowest BCUT2D eigenvalue weighted by molar-refractivity contribution is -0.137. The zero-order valence-corrected chi connectivity index (χ0v) is 12.0. The van der Waals surface area contributed by atoms with Crippen LogP contribution < -0.4 is 4.72 Å². The maximum absolute atomic E-state index is 12.0. The first-order valence-corrected chi connectivity index (χ1v) is 7.56. The van der Waals surface area contributed by atoms with E-state index in [-0.39, 0.29) is 17.3 Å². The SMILES string of the molecule is CCc1cnc(CNS(=O)(=O)c2cnn(CC(=O)O)c2)o1. The lowest BCUT2D eigenvalue weighted by atomic mass is 10.4. The summed E-state index contributed by atoms with van der Waals surface area (Å²) in [7, 11) is -3.80. The molecule has 0 unspecified atom stereocenters. The van der Waals surface area contributed by atoms with Crippen LogP contribution in [-0.4, -0.2) is 34.3 Å². The van der Waals surface area contributed by atoms with Crippen molar-refractivity contribution in [2.45, 2.75) is 31.3 Å². The highest BCUT2D eigenvalue weighted by molar-refractivity contribution is 7.89. The second-order valence-electron chi connectivity index (χ2n) is 4.17. The van der Waals surface area contributed by atoms with Crippen molar-refractivity contribution in [3.8, 4) is 0 Å². The van der Waals surface area contributed by atoms with Crippen molar-refractivity contribution in [3.05, 3.63) is 30.2 Å². The van der Waals surface area contributed by atoms with Gasteiger partial charge in [0.15, 0.2) is 0 Å². The number of aryl methyl sites for hydroxylation is 1. The smallest absolute Gasteiger partial charge is 0.325 e. The van der Waals surface area contributed by atoms with Crippen LogP contribution in [-0.2, 0) is 34.3 Å². The maximum Gasteiger partial charge on any atom is 0.325 e. The van der Waals surface area contributed by atoms with Crippen molar-refractivity contribution < 1.29 is 22.7 Å². The van der Waals surface area contributed by atoms with Gasteiger partial charge in [0.1, 0.15) is 17.2 Å². The fourth-order valence-electron chi connectivity index (χ4n) is 1.54. The Bertz CT molecular complexity index is 733. The number of nitrogens with one attached hydrogen (secondary N) is 1. The monoisotopic (exact) mass is 314 g/mol. The molecule has 2 aromatic heterocycles. The van der Waals surface area contributed by atoms with Gasteiger partial charge in [0.05, 0.1) is 18.9 Å². The summed E-state index contributed by atoms with van der Waals surface area (Å²) in [5.74, 6) is -0.186. The Morgan fingerprint density at radius 3 is 2.86 bits per heavy atom. The molecule has 0 saturated heterocycles. The Morgan fingerprint density at radius 1 is 1.48 bits per heavy atom. The van der Waals surface area contributed by atoms with E-state index in [4.69, 9.17) is 9.52 Å². The highest BCUT2D eigenvalue weighted by atomic mass is 32.2. The first kappa shape index (κ1) is 15.2. The standard InChI is InChI=1S/C11H14N4O5S/c1-2-8-3-12-10(20-8)5-14-21(18,19)9-4-13-15(6-9)7-11(16)17/h3-4,6,14H,2,5,7H2,1H3,(H,16,17). The van der Waals surface area contributed by atoms with Crippen LogP contribution in [0.15, 0.2) is 27.9 Å². The molecule has 0 bridgehead atoms. The van der Waals surface area contributed by atoms with E-state index in [1.165, 1.54) is 6.20 Å². The number of carbonyl (C=O) groups is 1. The number of carboxylic acid groups (broad SMARTS) is 1. The van der Waals surface area contributed by atoms with Gasteiger partial charge in [-0.05, 0) is 0 Å². The van der Waals surface area contributed by atoms with E-state index in [0.29, 0.717) is 12.2 Å². The molecule has 0 aromatic carbocycles. The van der Waals surface area contributed by atoms with Crippen LogP contribution >= 0.6 is 0 Å². The number of rotatable bonds is 7. The summed E-state index contributed by atoms with van der Waals surface area (Å²) in [5.41, 5.74) is 0. The molecule has 0 aliphatic rings. The van der Waals surface area contributed by atoms with E-state index in [9.17, 15) is 13.2 Å². The lowest BCUT2D eigenvalue weighted by Gasteiger charge is -2.01. The second-order valence-corrected chi connectivity index (χ2v) is 5.93. The first-order valence-electron chi connectivity index (χ1n) is 6.08. The molecule has 0 aliphatic heterocycles. The Labute approximate surface area is 120 Å². The van der Waals surface area contributed by atoms with Gasteiger partial charge in [-0.1, -0.05) is 6.92 Å². The summed E-state index contributed by atoms with van der Waals surface area (Å²) in [6, 6.07) is 0. The topological polar surface area (TPSA) is 127 Å². The summed E-state index contributed by atoms with van der Waals surface area (Å²) in [4.78, 5) is 14.3. The summed E-state index contributed by atoms with van der Waals surface area (Å²) >= 11 is 0. The van der Waals surface area contributed by atoms with Gasteiger partial charge >= 0.3 is 5.97 Å². The zero-order valence-electron chi connectivity index (χ0n) is 11.2. The van der Waals surface area contributed by atoms with E-state index in [0.717, 1.165) is 17.1 Å². The van der Waals surface area contributed by atoms with Crippen molar-refractivity contribution in [1.82, 2.24) is 19.5 Å². The average molecular weight is 314 g/mol. The molecule has 2 aromatic rings. The van der Waals surface area contributed by atoms with Crippen molar-refractivity contribution in [1.29, 1.82) is 0 Å². The van der Waals surface area contributed by atoms with Crippen LogP contribution in [0.1, 0.15) is 18.6 Å². The van der Waals surface area contributed by atoms with E-state index < -0.39 is 22.5 Å². The minimum absolute atomic E-state index is 0.0908. The predicted octanol–water partition coefficient (Wildman–Crippen LogP) is -0.00340. The van der Waals surface area contributed by atoms with Gasteiger partial charge in [-0.2, -0.15) is 5.10 Å². The summed E-state index contributed by atoms with van der Waals surface area (Å²) in [5, 5.41) is 12.3. The van der Waals surface area contributed by atoms with Crippen molar-refractivity contribution in [3.63, 3.8) is 0 Å². The minimum Gasteiger partial charge on any atom is -0.480 e. The van der Waals surface area contributed by atoms with Crippen LogP contribution in [0, 0.1) is 0 Å². The quantitative estimate of drug-likeness (QED) is 0.736. The van der Waals surface area contributed by atoms with Crippen LogP contribution in [0.4, 0.5) is 0 Å². The third-order valence-corrected chi connectivity index (χ3v) is 3.94. The van der Waals surface area contributed by atoms with Gasteiger partial charge in [-0.3, -0.25) is 9.48 Å². The molecule has 10 heteroatoms. The lowest BCUT2D eigenvalue weighted by Crippen LogP contribution is -2.23. The molecule has 9 nitrogen and oxygen atoms in total. The van der Waals surface area contributed by atoms with Gasteiger partial charge in [0.2, 0.25) is 15.9 Å². The molecule has 0 spiro atoms.